The van der Waals surface area contributed by atoms with E-state index in [-0.39, 0.29) is 68.4 Å². The third-order valence-electron chi connectivity index (χ3n) is 32.7. The molecule has 12 aliphatic carbocycles. The summed E-state index contributed by atoms with van der Waals surface area (Å²) in [6.45, 7) is 19.8. The van der Waals surface area contributed by atoms with Crippen molar-refractivity contribution in [1.29, 1.82) is 0 Å². The number of nitrogens with zero attached hydrogens (tertiary/aromatic N) is 9. The predicted molar refractivity (Wildman–Crippen MR) is 421 cm³/mol. The standard InChI is InChI=1S/2C28H39N3O2.C27H37N3O2.C4H8O.3CH4/c2*1-17(31-25-7-5-4-6-24(25)29-30-31)26(32)23-11-10-22-21-9-8-18-16-27(2,33)14-12-19(18)20(21)13-15-28(22,23)3;1-26(32)13-11-18-17(15-26)7-8-20-19(18)12-14-27(2)21(20)9-10-22(27)25(31)16-30-24-6-4-3-5-23(24)28-29-30;1-2-4-5-3-1;;;/h2*4-7,17-23,33H,8-16H2,1-3H3;3-6,17-22,32H,7-16H2,1-2H3;1-4H2;3*1H4/t17-,18+,19-,20+,21+,22-,23+,27+,28-;17-,18-,19+,20-,21-,22+,23-,27-,28+;17-,18+,19-,20-,21+,22-,26-,27+;;;;/m011..../s1. The lowest BCUT2D eigenvalue weighted by Gasteiger charge is -2.57. The number of aromatic nitrogens is 9. The highest BCUT2D eigenvalue weighted by molar-refractivity contribution is 5.89. The first-order valence-electron chi connectivity index (χ1n) is 41.7. The number of fused-ring (bicyclic) bond motifs is 18. The van der Waals surface area contributed by atoms with Crippen molar-refractivity contribution >= 4 is 50.4 Å². The smallest absolute Gasteiger partial charge is 0.160 e. The Bertz CT molecular complexity index is 3860. The van der Waals surface area contributed by atoms with Crippen LogP contribution in [-0.2, 0) is 25.7 Å². The summed E-state index contributed by atoms with van der Waals surface area (Å²) in [5.41, 5.74) is 4.46. The predicted octanol–water partition coefficient (Wildman–Crippen LogP) is 18.9. The third-order valence-corrected chi connectivity index (χ3v) is 32.7. The number of rotatable bonds is 9. The minimum absolute atomic E-state index is 0. The molecule has 16 heteroatoms. The van der Waals surface area contributed by atoms with Crippen molar-refractivity contribution in [3.63, 3.8) is 0 Å². The molecule has 0 unspecified atom stereocenters. The summed E-state index contributed by atoms with van der Waals surface area (Å²) in [6, 6.07) is 23.3. The molecule has 582 valence electrons. The van der Waals surface area contributed by atoms with Gasteiger partial charge in [-0.15, -0.1) is 15.3 Å². The van der Waals surface area contributed by atoms with E-state index < -0.39 is 16.8 Å². The quantitative estimate of drug-likeness (QED) is 0.123. The van der Waals surface area contributed by atoms with Crippen LogP contribution >= 0.6 is 0 Å². The summed E-state index contributed by atoms with van der Waals surface area (Å²) in [5.74, 6) is 12.8. The molecule has 3 N–H and O–H groups in total. The highest BCUT2D eigenvalue weighted by Crippen LogP contribution is 2.69. The summed E-state index contributed by atoms with van der Waals surface area (Å²) in [6.07, 6.45) is 33.8. The second kappa shape index (κ2) is 30.8. The first kappa shape index (κ1) is 78.8. The maximum atomic E-state index is 13.9. The monoisotopic (exact) mass is 1450 g/mol. The average molecular weight is 1460 g/mol. The number of carbonyl (C=O) groups excluding carboxylic acids is 3. The Morgan fingerprint density at radius 3 is 1.11 bits per heavy atom. The molecule has 13 aliphatic rings. The average Bonchev–Trinajstić information content (AvgIpc) is 1.51. The molecule has 13 fully saturated rings. The van der Waals surface area contributed by atoms with Crippen molar-refractivity contribution in [3.05, 3.63) is 72.8 Å². The Hall–Kier alpha value is -5.29. The highest BCUT2D eigenvalue weighted by atomic mass is 16.5. The van der Waals surface area contributed by atoms with E-state index in [4.69, 9.17) is 4.74 Å². The Balaban J connectivity index is 0.000000134. The second-order valence-corrected chi connectivity index (χ2v) is 38.3. The molecule has 4 heterocycles. The maximum Gasteiger partial charge on any atom is 0.160 e. The van der Waals surface area contributed by atoms with Crippen LogP contribution in [0, 0.1) is 123 Å². The maximum absolute atomic E-state index is 13.9. The van der Waals surface area contributed by atoms with E-state index in [9.17, 15) is 29.7 Å². The zero-order chi connectivity index (χ0) is 71.5. The van der Waals surface area contributed by atoms with Crippen LogP contribution in [0.25, 0.3) is 33.1 Å². The van der Waals surface area contributed by atoms with Gasteiger partial charge in [0.05, 0.1) is 33.4 Å². The van der Waals surface area contributed by atoms with Gasteiger partial charge in [-0.3, -0.25) is 14.4 Å². The summed E-state index contributed by atoms with van der Waals surface area (Å²) in [4.78, 5) is 41.3. The van der Waals surface area contributed by atoms with E-state index in [1.165, 1.54) is 128 Å². The van der Waals surface area contributed by atoms with E-state index in [1.807, 2.05) is 117 Å². The van der Waals surface area contributed by atoms with Gasteiger partial charge in [-0.1, -0.05) is 95.1 Å². The van der Waals surface area contributed by atoms with Crippen LogP contribution in [0.4, 0.5) is 0 Å². The summed E-state index contributed by atoms with van der Waals surface area (Å²) in [7, 11) is 0. The Morgan fingerprint density at radius 2 is 0.736 bits per heavy atom. The molecular weight excluding hydrogens is 1320 g/mol. The fourth-order valence-electron chi connectivity index (χ4n) is 27.7. The molecule has 0 radical (unpaired) electrons. The number of para-hydroxylation sites is 3. The number of ketones is 3. The normalized spacial score (nSPS) is 41.3. The van der Waals surface area contributed by atoms with E-state index in [2.05, 4.69) is 51.7 Å². The highest BCUT2D eigenvalue weighted by Gasteiger charge is 2.63. The van der Waals surface area contributed by atoms with Crippen molar-refractivity contribution in [2.45, 2.75) is 299 Å². The third kappa shape index (κ3) is 14.3. The van der Waals surface area contributed by atoms with Crippen molar-refractivity contribution in [1.82, 2.24) is 45.0 Å². The van der Waals surface area contributed by atoms with Gasteiger partial charge in [-0.05, 0) is 362 Å². The number of ether oxygens (including phenoxy) is 1. The van der Waals surface area contributed by atoms with Gasteiger partial charge in [0, 0.05) is 31.0 Å². The fourth-order valence-corrected chi connectivity index (χ4v) is 27.7. The molecular formula is C90H135N9O7. The SMILES string of the molecule is C.C.C.C1CCOC1.C[C@@H](C(=O)[C@H]1CC[C@H]2[C@@H]3CC[C@@H]4C[C@](C)(O)CC[C@@H]4[C@H]3CC[C@]12C)n1nnc2ccccc21.C[C@@]1(O)CC[C@H]2[C@H](CC[C@@H]3[C@@H]2CC[C@]2(C)[C@@H](C(=O)Cn4nnc5ccccc54)CC[C@@H]32)C1.C[C@H](C(=O)[C@H]1CC[C@H]2[C@@H]3CC[C@@H]4C[C@](C)(O)CC[C@@H]4[C@H]3CC[C@]12C)n1nnc2ccccc21. The van der Waals surface area contributed by atoms with Crippen molar-refractivity contribution < 1.29 is 34.4 Å². The van der Waals surface area contributed by atoms with Gasteiger partial charge in [0.15, 0.2) is 17.3 Å². The van der Waals surface area contributed by atoms with Crippen LogP contribution in [0.2, 0.25) is 0 Å². The Kier molecular flexibility index (Phi) is 22.9. The van der Waals surface area contributed by atoms with Crippen LogP contribution < -0.4 is 0 Å². The van der Waals surface area contributed by atoms with Gasteiger partial charge in [0.1, 0.15) is 35.2 Å². The Morgan fingerprint density at radius 1 is 0.406 bits per heavy atom. The summed E-state index contributed by atoms with van der Waals surface area (Å²) in [5, 5.41) is 57.7. The van der Waals surface area contributed by atoms with E-state index in [0.717, 1.165) is 157 Å². The molecule has 106 heavy (non-hydrogen) atoms. The lowest BCUT2D eigenvalue weighted by molar-refractivity contribution is -0.135. The van der Waals surface area contributed by atoms with Gasteiger partial charge in [0.2, 0.25) is 0 Å². The fraction of sp³-hybridized carbons (Fsp3) is 0.767. The molecule has 19 rings (SSSR count). The number of benzene rings is 3. The van der Waals surface area contributed by atoms with Gasteiger partial charge in [0.25, 0.3) is 0 Å². The van der Waals surface area contributed by atoms with Gasteiger partial charge < -0.3 is 20.1 Å². The largest absolute Gasteiger partial charge is 0.390 e. The molecule has 16 nitrogen and oxygen atoms in total. The van der Waals surface area contributed by atoms with E-state index in [1.54, 1.807) is 4.68 Å². The van der Waals surface area contributed by atoms with Gasteiger partial charge in [-0.25, -0.2) is 14.0 Å². The molecule has 0 spiro atoms. The van der Waals surface area contributed by atoms with Crippen LogP contribution in [0.3, 0.4) is 0 Å². The van der Waals surface area contributed by atoms with Crippen LogP contribution in [0.5, 0.6) is 0 Å². The first-order chi connectivity index (χ1) is 49.4. The minimum Gasteiger partial charge on any atom is -0.390 e. The lowest BCUT2D eigenvalue weighted by Crippen LogP contribution is -2.51. The van der Waals surface area contributed by atoms with Crippen LogP contribution in [0.1, 0.15) is 276 Å². The minimum atomic E-state index is -0.455. The topological polar surface area (TPSA) is 213 Å². The molecule has 6 aromatic rings. The van der Waals surface area contributed by atoms with Crippen molar-refractivity contribution in [3.8, 4) is 0 Å². The summed E-state index contributed by atoms with van der Waals surface area (Å²) >= 11 is 0. The molecule has 3 aromatic heterocycles. The van der Waals surface area contributed by atoms with Crippen LogP contribution in [0.15, 0.2) is 72.8 Å². The number of hydrogen-bond acceptors (Lipinski definition) is 13. The zero-order valence-corrected chi connectivity index (χ0v) is 63.6. The number of carbonyl (C=O) groups is 3. The van der Waals surface area contributed by atoms with E-state index in [0.29, 0.717) is 59.4 Å². The molecule has 12 saturated carbocycles. The molecule has 3 aromatic carbocycles. The molecule has 26 atom stereocenters. The second-order valence-electron chi connectivity index (χ2n) is 38.3. The molecule has 1 aliphatic heterocycles. The van der Waals surface area contributed by atoms with Crippen LogP contribution in [-0.4, -0.2) is 108 Å². The first-order valence-corrected chi connectivity index (χ1v) is 41.7. The van der Waals surface area contributed by atoms with Gasteiger partial charge in [-0.2, -0.15) is 0 Å². The van der Waals surface area contributed by atoms with Crippen molar-refractivity contribution in [2.75, 3.05) is 13.2 Å². The summed E-state index contributed by atoms with van der Waals surface area (Å²) < 4.78 is 10.4. The lowest BCUT2D eigenvalue weighted by atomic mass is 9.49. The Labute approximate surface area is 634 Å². The number of hydrogen-bond donors (Lipinski definition) is 3. The zero-order valence-electron chi connectivity index (χ0n) is 63.6. The number of aliphatic hydroxyl groups is 3. The molecule has 0 amide bonds. The number of Topliss-reactive ketones (excluding diaryl/α,β-unsaturated/α-hetero) is 3. The molecule has 1 saturated heterocycles. The van der Waals surface area contributed by atoms with Crippen molar-refractivity contribution in [2.24, 2.45) is 123 Å². The van der Waals surface area contributed by atoms with E-state index >= 15 is 0 Å². The molecule has 0 bridgehead atoms. The van der Waals surface area contributed by atoms with Gasteiger partial charge >= 0.3 is 0 Å².